The Balaban J connectivity index is 1.48. The van der Waals surface area contributed by atoms with Gasteiger partial charge in [0.15, 0.2) is 0 Å². The summed E-state index contributed by atoms with van der Waals surface area (Å²) in [6.45, 7) is 2.01. The zero-order valence-corrected chi connectivity index (χ0v) is 18.0. The first-order valence-corrected chi connectivity index (χ1v) is 11.9. The van der Waals surface area contributed by atoms with Gasteiger partial charge in [0.05, 0.1) is 11.4 Å². The van der Waals surface area contributed by atoms with E-state index in [0.717, 1.165) is 53.4 Å². The molecular formula is C21H24N4O2S2. The normalized spacial score (nSPS) is 14.9. The monoisotopic (exact) mass is 428 g/mol. The Bertz CT molecular complexity index is 1070. The Hall–Kier alpha value is -2.19. The zero-order chi connectivity index (χ0) is 20.2. The molecule has 0 spiro atoms. The van der Waals surface area contributed by atoms with Crippen LogP contribution < -0.4 is 10.9 Å². The van der Waals surface area contributed by atoms with Crippen LogP contribution in [0.25, 0.3) is 4.96 Å². The zero-order valence-electron chi connectivity index (χ0n) is 16.4. The lowest BCUT2D eigenvalue weighted by Crippen LogP contribution is -2.24. The highest BCUT2D eigenvalue weighted by Gasteiger charge is 2.21. The van der Waals surface area contributed by atoms with Crippen LogP contribution in [0.3, 0.4) is 0 Å². The fourth-order valence-electron chi connectivity index (χ4n) is 3.56. The molecule has 152 valence electrons. The third-order valence-electron chi connectivity index (χ3n) is 5.14. The summed E-state index contributed by atoms with van der Waals surface area (Å²) in [5, 5.41) is 8.30. The van der Waals surface area contributed by atoms with Crippen molar-refractivity contribution >= 4 is 39.7 Å². The SMILES string of the molecule is CCc1nn2c(=O)cc(CSc3ccccc3NC(=O)C3CCCCC3)nc2s1. The average Bonchev–Trinajstić information content (AvgIpc) is 3.18. The predicted octanol–water partition coefficient (Wildman–Crippen LogP) is 4.52. The summed E-state index contributed by atoms with van der Waals surface area (Å²) >= 11 is 3.03. The number of rotatable bonds is 6. The number of benzene rings is 1. The molecule has 1 amide bonds. The summed E-state index contributed by atoms with van der Waals surface area (Å²) in [5.74, 6) is 0.791. The number of para-hydroxylation sites is 1. The molecular weight excluding hydrogens is 404 g/mol. The highest BCUT2D eigenvalue weighted by atomic mass is 32.2. The minimum absolute atomic E-state index is 0.116. The van der Waals surface area contributed by atoms with Gasteiger partial charge in [-0.25, -0.2) is 4.98 Å². The first kappa shape index (κ1) is 20.1. The van der Waals surface area contributed by atoms with Gasteiger partial charge in [-0.05, 0) is 31.4 Å². The van der Waals surface area contributed by atoms with Crippen LogP contribution in [0.5, 0.6) is 0 Å². The number of fused-ring (bicyclic) bond motifs is 1. The third kappa shape index (κ3) is 4.70. The van der Waals surface area contributed by atoms with Crippen molar-refractivity contribution < 1.29 is 4.79 Å². The molecule has 4 rings (SSSR count). The van der Waals surface area contributed by atoms with E-state index in [1.54, 1.807) is 17.8 Å². The van der Waals surface area contributed by atoms with Gasteiger partial charge in [-0.2, -0.15) is 9.61 Å². The van der Waals surface area contributed by atoms with Crippen LogP contribution in [-0.2, 0) is 17.0 Å². The number of nitrogens with one attached hydrogen (secondary N) is 1. The van der Waals surface area contributed by atoms with Crippen molar-refractivity contribution in [2.24, 2.45) is 5.92 Å². The second-order valence-electron chi connectivity index (χ2n) is 7.24. The first-order chi connectivity index (χ1) is 14.1. The summed E-state index contributed by atoms with van der Waals surface area (Å²) < 4.78 is 1.37. The highest BCUT2D eigenvalue weighted by molar-refractivity contribution is 7.98. The van der Waals surface area contributed by atoms with Gasteiger partial charge in [0.25, 0.3) is 5.56 Å². The van der Waals surface area contributed by atoms with E-state index in [1.165, 1.54) is 22.3 Å². The Morgan fingerprint density at radius 2 is 2.07 bits per heavy atom. The van der Waals surface area contributed by atoms with Crippen LogP contribution in [0.4, 0.5) is 5.69 Å². The van der Waals surface area contributed by atoms with E-state index in [9.17, 15) is 9.59 Å². The lowest BCUT2D eigenvalue weighted by atomic mass is 9.88. The van der Waals surface area contributed by atoms with E-state index in [1.807, 2.05) is 31.2 Å². The number of carbonyl (C=O) groups excluding carboxylic acids is 1. The number of aromatic nitrogens is 3. The van der Waals surface area contributed by atoms with Crippen molar-refractivity contribution in [1.82, 2.24) is 14.6 Å². The number of thioether (sulfide) groups is 1. The van der Waals surface area contributed by atoms with Gasteiger partial charge in [-0.15, -0.1) is 11.8 Å². The molecule has 1 saturated carbocycles. The Morgan fingerprint density at radius 3 is 2.86 bits per heavy atom. The molecule has 2 heterocycles. The number of aryl methyl sites for hydroxylation is 1. The molecule has 3 aromatic rings. The lowest BCUT2D eigenvalue weighted by molar-refractivity contribution is -0.120. The van der Waals surface area contributed by atoms with Gasteiger partial charge in [-0.1, -0.05) is 49.7 Å². The Kier molecular flexibility index (Phi) is 6.30. The van der Waals surface area contributed by atoms with E-state index < -0.39 is 0 Å². The smallest absolute Gasteiger partial charge is 0.275 e. The Morgan fingerprint density at radius 1 is 1.28 bits per heavy atom. The molecule has 0 saturated heterocycles. The molecule has 1 aliphatic carbocycles. The van der Waals surface area contributed by atoms with Crippen molar-refractivity contribution in [2.45, 2.75) is 56.1 Å². The van der Waals surface area contributed by atoms with E-state index in [4.69, 9.17) is 0 Å². The minimum atomic E-state index is -0.152. The Labute approximate surface area is 177 Å². The number of hydrogen-bond acceptors (Lipinski definition) is 6. The topological polar surface area (TPSA) is 76.4 Å². The van der Waals surface area contributed by atoms with Crippen molar-refractivity contribution in [1.29, 1.82) is 0 Å². The van der Waals surface area contributed by atoms with Crippen LogP contribution in [0.1, 0.15) is 49.7 Å². The van der Waals surface area contributed by atoms with E-state index in [2.05, 4.69) is 15.4 Å². The number of hydrogen-bond donors (Lipinski definition) is 1. The summed E-state index contributed by atoms with van der Waals surface area (Å²) in [4.78, 5) is 31.2. The molecule has 1 fully saturated rings. The molecule has 0 atom stereocenters. The molecule has 1 aromatic carbocycles. The van der Waals surface area contributed by atoms with Gasteiger partial charge in [0, 0.05) is 22.6 Å². The predicted molar refractivity (Wildman–Crippen MR) is 118 cm³/mol. The van der Waals surface area contributed by atoms with Crippen LogP contribution >= 0.6 is 23.1 Å². The van der Waals surface area contributed by atoms with Crippen LogP contribution in [-0.4, -0.2) is 20.5 Å². The second kappa shape index (κ2) is 9.09. The minimum Gasteiger partial charge on any atom is -0.325 e. The molecule has 8 heteroatoms. The maximum absolute atomic E-state index is 12.6. The van der Waals surface area contributed by atoms with E-state index in [0.29, 0.717) is 10.7 Å². The fourth-order valence-corrected chi connectivity index (χ4v) is 5.32. The summed E-state index contributed by atoms with van der Waals surface area (Å²) in [6.07, 6.45) is 6.23. The van der Waals surface area contributed by atoms with Crippen LogP contribution in [0.2, 0.25) is 0 Å². The highest BCUT2D eigenvalue weighted by Crippen LogP contribution is 2.31. The first-order valence-electron chi connectivity index (χ1n) is 10.1. The number of nitrogens with zero attached hydrogens (tertiary/aromatic N) is 3. The molecule has 1 N–H and O–H groups in total. The number of amides is 1. The number of anilines is 1. The molecule has 0 bridgehead atoms. The van der Waals surface area contributed by atoms with Gasteiger partial charge in [0.2, 0.25) is 10.9 Å². The molecule has 0 aliphatic heterocycles. The van der Waals surface area contributed by atoms with Crippen molar-refractivity contribution in [3.63, 3.8) is 0 Å². The summed E-state index contributed by atoms with van der Waals surface area (Å²) in [5.41, 5.74) is 1.40. The van der Waals surface area contributed by atoms with Gasteiger partial charge < -0.3 is 5.32 Å². The van der Waals surface area contributed by atoms with Crippen molar-refractivity contribution in [2.75, 3.05) is 5.32 Å². The standard InChI is InChI=1S/C21H24N4O2S2/c1-2-18-24-25-19(26)12-15(22-21(25)29-18)13-28-17-11-7-6-10-16(17)23-20(27)14-8-4-3-5-9-14/h6-7,10-12,14H,2-5,8-9,13H2,1H3,(H,23,27). The quantitative estimate of drug-likeness (QED) is 0.584. The number of carbonyl (C=O) groups is 1. The molecule has 1 aliphatic rings. The maximum Gasteiger partial charge on any atom is 0.275 e. The maximum atomic E-state index is 12.6. The molecule has 2 aromatic heterocycles. The van der Waals surface area contributed by atoms with Gasteiger partial charge in [-0.3, -0.25) is 9.59 Å². The van der Waals surface area contributed by atoms with Gasteiger partial charge >= 0.3 is 0 Å². The van der Waals surface area contributed by atoms with Gasteiger partial charge in [0.1, 0.15) is 5.01 Å². The fraction of sp³-hybridized carbons (Fsp3) is 0.429. The van der Waals surface area contributed by atoms with Crippen LogP contribution in [0.15, 0.2) is 40.0 Å². The van der Waals surface area contributed by atoms with Crippen LogP contribution in [0, 0.1) is 5.92 Å². The lowest BCUT2D eigenvalue weighted by Gasteiger charge is -2.21. The largest absolute Gasteiger partial charge is 0.325 e. The van der Waals surface area contributed by atoms with E-state index >= 15 is 0 Å². The molecule has 6 nitrogen and oxygen atoms in total. The molecule has 0 unspecified atom stereocenters. The van der Waals surface area contributed by atoms with Crippen molar-refractivity contribution in [3.05, 3.63) is 51.4 Å². The third-order valence-corrected chi connectivity index (χ3v) is 7.30. The second-order valence-corrected chi connectivity index (χ2v) is 9.30. The molecule has 0 radical (unpaired) electrons. The average molecular weight is 429 g/mol. The van der Waals surface area contributed by atoms with Crippen molar-refractivity contribution in [3.8, 4) is 0 Å². The van der Waals surface area contributed by atoms with E-state index in [-0.39, 0.29) is 17.4 Å². The summed E-state index contributed by atoms with van der Waals surface area (Å²) in [6, 6.07) is 9.36. The summed E-state index contributed by atoms with van der Waals surface area (Å²) in [7, 11) is 0. The molecule has 29 heavy (non-hydrogen) atoms.